The van der Waals surface area contributed by atoms with Crippen LogP contribution in [0.1, 0.15) is 45.2 Å². The Morgan fingerprint density at radius 3 is 2.28 bits per heavy atom. The highest BCUT2D eigenvalue weighted by Gasteiger charge is 2.12. The van der Waals surface area contributed by atoms with Gasteiger partial charge in [0.1, 0.15) is 0 Å². The minimum Gasteiger partial charge on any atom is -0.313 e. The molecule has 0 radical (unpaired) electrons. The molecular weight excluding hydrogens is 238 g/mol. The predicted molar refractivity (Wildman–Crippen MR) is 84.4 cm³/mol. The zero-order valence-corrected chi connectivity index (χ0v) is 13.2. The van der Waals surface area contributed by atoms with E-state index >= 15 is 0 Å². The van der Waals surface area contributed by atoms with Crippen molar-refractivity contribution in [3.8, 4) is 0 Å². The van der Waals surface area contributed by atoms with Crippen LogP contribution >= 0.6 is 11.8 Å². The van der Waals surface area contributed by atoms with Crippen molar-refractivity contribution in [3.05, 3.63) is 35.4 Å². The molecule has 1 nitrogen and oxygen atoms in total. The normalized spacial score (nSPS) is 13.6. The maximum absolute atomic E-state index is 3.51. The highest BCUT2D eigenvalue weighted by atomic mass is 32.2. The third-order valence-corrected chi connectivity index (χ3v) is 4.32. The lowest BCUT2D eigenvalue weighted by atomic mass is 9.87. The summed E-state index contributed by atoms with van der Waals surface area (Å²) in [7, 11) is 0. The highest BCUT2D eigenvalue weighted by Crippen LogP contribution is 2.22. The van der Waals surface area contributed by atoms with Gasteiger partial charge in [-0.2, -0.15) is 11.8 Å². The average Bonchev–Trinajstić information content (AvgIpc) is 2.33. The van der Waals surface area contributed by atoms with E-state index < -0.39 is 0 Å². The molecule has 1 aromatic rings. The van der Waals surface area contributed by atoms with Gasteiger partial charge in [-0.3, -0.25) is 0 Å². The molecule has 1 unspecified atom stereocenters. The van der Waals surface area contributed by atoms with Crippen LogP contribution in [0.15, 0.2) is 24.3 Å². The first-order valence-electron chi connectivity index (χ1n) is 6.76. The monoisotopic (exact) mass is 265 g/mol. The van der Waals surface area contributed by atoms with Gasteiger partial charge in [-0.05, 0) is 35.8 Å². The smallest absolute Gasteiger partial charge is 0.0205 e. The van der Waals surface area contributed by atoms with Crippen LogP contribution in [-0.4, -0.2) is 18.1 Å². The highest BCUT2D eigenvalue weighted by molar-refractivity contribution is 7.99. The lowest BCUT2D eigenvalue weighted by Crippen LogP contribution is -2.18. The van der Waals surface area contributed by atoms with Crippen LogP contribution in [0.5, 0.6) is 0 Å². The molecule has 0 aliphatic heterocycles. The van der Waals surface area contributed by atoms with Gasteiger partial charge in [-0.15, -0.1) is 0 Å². The summed E-state index contributed by atoms with van der Waals surface area (Å²) in [4.78, 5) is 0. The molecule has 0 saturated carbocycles. The van der Waals surface area contributed by atoms with Crippen molar-refractivity contribution < 1.29 is 0 Å². The zero-order chi connectivity index (χ0) is 13.6. The van der Waals surface area contributed by atoms with E-state index in [2.05, 4.69) is 63.5 Å². The van der Waals surface area contributed by atoms with Gasteiger partial charge in [0.25, 0.3) is 0 Å². The van der Waals surface area contributed by atoms with E-state index in [-0.39, 0.29) is 5.41 Å². The Hall–Kier alpha value is -0.470. The summed E-state index contributed by atoms with van der Waals surface area (Å²) in [6.45, 7) is 11.1. The Balaban J connectivity index is 2.36. The van der Waals surface area contributed by atoms with E-state index in [9.17, 15) is 0 Å². The van der Waals surface area contributed by atoms with Gasteiger partial charge in [0, 0.05) is 11.8 Å². The summed E-state index contributed by atoms with van der Waals surface area (Å²) in [6.07, 6.45) is 3.41. The maximum Gasteiger partial charge on any atom is 0.0205 e. The molecule has 0 aliphatic carbocycles. The molecule has 18 heavy (non-hydrogen) atoms. The molecule has 0 spiro atoms. The molecule has 1 N–H and O–H groups in total. The third-order valence-electron chi connectivity index (χ3n) is 3.28. The van der Waals surface area contributed by atoms with Crippen LogP contribution in [0.2, 0.25) is 0 Å². The van der Waals surface area contributed by atoms with E-state index in [1.807, 2.05) is 11.8 Å². The lowest BCUT2D eigenvalue weighted by molar-refractivity contribution is 0.589. The van der Waals surface area contributed by atoms with Crippen LogP contribution in [0.4, 0.5) is 0 Å². The molecule has 2 heteroatoms. The third kappa shape index (κ3) is 5.45. The molecule has 0 fully saturated rings. The van der Waals surface area contributed by atoms with Gasteiger partial charge in [-0.25, -0.2) is 0 Å². The fraction of sp³-hybridized carbons (Fsp3) is 0.625. The van der Waals surface area contributed by atoms with Crippen molar-refractivity contribution in [1.82, 2.24) is 5.32 Å². The maximum atomic E-state index is 3.51. The van der Waals surface area contributed by atoms with Gasteiger partial charge in [-0.1, -0.05) is 52.0 Å². The topological polar surface area (TPSA) is 12.0 Å². The summed E-state index contributed by atoms with van der Waals surface area (Å²) in [5, 5.41) is 4.26. The van der Waals surface area contributed by atoms with E-state index in [1.165, 1.54) is 17.5 Å². The number of rotatable bonds is 6. The Bertz CT molecular complexity index is 337. The van der Waals surface area contributed by atoms with Crippen molar-refractivity contribution in [2.45, 2.75) is 51.3 Å². The number of hydrogen-bond acceptors (Lipinski definition) is 2. The number of nitrogens with one attached hydrogen (secondary N) is 1. The molecule has 0 heterocycles. The van der Waals surface area contributed by atoms with Gasteiger partial charge in [0.15, 0.2) is 0 Å². The van der Waals surface area contributed by atoms with Crippen LogP contribution < -0.4 is 5.32 Å². The Morgan fingerprint density at radius 1 is 1.17 bits per heavy atom. The van der Waals surface area contributed by atoms with E-state index in [0.29, 0.717) is 0 Å². The standard InChI is InChI=1S/C16H27NS/c1-13(18-5)10-11-17-12-14-6-8-15(9-7-14)16(2,3)4/h6-9,13,17H,10-12H2,1-5H3. The molecule has 0 saturated heterocycles. The molecular formula is C16H27NS. The van der Waals surface area contributed by atoms with E-state index in [0.717, 1.165) is 18.3 Å². The summed E-state index contributed by atoms with van der Waals surface area (Å²) in [5.41, 5.74) is 3.03. The van der Waals surface area contributed by atoms with Gasteiger partial charge < -0.3 is 5.32 Å². The Labute approximate surface area is 117 Å². The van der Waals surface area contributed by atoms with Gasteiger partial charge in [0.2, 0.25) is 0 Å². The van der Waals surface area contributed by atoms with Gasteiger partial charge in [0.05, 0.1) is 0 Å². The number of benzene rings is 1. The van der Waals surface area contributed by atoms with E-state index in [4.69, 9.17) is 0 Å². The fourth-order valence-corrected chi connectivity index (χ4v) is 2.13. The van der Waals surface area contributed by atoms with Crippen molar-refractivity contribution in [2.24, 2.45) is 0 Å². The SMILES string of the molecule is CSC(C)CCNCc1ccc(C(C)(C)C)cc1. The van der Waals surface area contributed by atoms with Crippen LogP contribution in [0, 0.1) is 0 Å². The molecule has 1 aromatic carbocycles. The summed E-state index contributed by atoms with van der Waals surface area (Å²) in [6, 6.07) is 8.99. The van der Waals surface area contributed by atoms with Crippen molar-refractivity contribution in [1.29, 1.82) is 0 Å². The zero-order valence-electron chi connectivity index (χ0n) is 12.4. The van der Waals surface area contributed by atoms with Crippen molar-refractivity contribution in [2.75, 3.05) is 12.8 Å². The van der Waals surface area contributed by atoms with Crippen molar-refractivity contribution in [3.63, 3.8) is 0 Å². The largest absolute Gasteiger partial charge is 0.313 e. The number of thioether (sulfide) groups is 1. The van der Waals surface area contributed by atoms with Crippen LogP contribution in [0.3, 0.4) is 0 Å². The molecule has 0 aliphatic rings. The molecule has 102 valence electrons. The second-order valence-corrected chi connectivity index (χ2v) is 7.23. The average molecular weight is 265 g/mol. The fourth-order valence-electron chi connectivity index (χ4n) is 1.78. The summed E-state index contributed by atoms with van der Waals surface area (Å²) < 4.78 is 0. The Kier molecular flexibility index (Phi) is 6.24. The molecule has 0 amide bonds. The Morgan fingerprint density at radius 2 is 1.78 bits per heavy atom. The quantitative estimate of drug-likeness (QED) is 0.773. The first-order chi connectivity index (χ1) is 8.43. The molecule has 0 aromatic heterocycles. The number of hydrogen-bond donors (Lipinski definition) is 1. The van der Waals surface area contributed by atoms with Crippen LogP contribution in [0.25, 0.3) is 0 Å². The molecule has 1 rings (SSSR count). The molecule has 0 bridgehead atoms. The first-order valence-corrected chi connectivity index (χ1v) is 8.05. The minimum atomic E-state index is 0.250. The summed E-state index contributed by atoms with van der Waals surface area (Å²) >= 11 is 1.94. The van der Waals surface area contributed by atoms with Crippen molar-refractivity contribution >= 4 is 11.8 Å². The van der Waals surface area contributed by atoms with Crippen LogP contribution in [-0.2, 0) is 12.0 Å². The summed E-state index contributed by atoms with van der Waals surface area (Å²) in [5.74, 6) is 0. The first kappa shape index (κ1) is 15.6. The molecule has 1 atom stereocenters. The second-order valence-electron chi connectivity index (χ2n) is 5.96. The van der Waals surface area contributed by atoms with E-state index in [1.54, 1.807) is 0 Å². The van der Waals surface area contributed by atoms with Gasteiger partial charge >= 0.3 is 0 Å². The lowest BCUT2D eigenvalue weighted by Gasteiger charge is -2.19. The predicted octanol–water partition coefficient (Wildman–Crippen LogP) is 4.22. The minimum absolute atomic E-state index is 0.250. The second kappa shape index (κ2) is 7.20.